The first kappa shape index (κ1) is 25.2. The van der Waals surface area contributed by atoms with Gasteiger partial charge in [-0.05, 0) is 60.9 Å². The third kappa shape index (κ3) is 5.73. The fourth-order valence-corrected chi connectivity index (χ4v) is 4.69. The van der Waals surface area contributed by atoms with Gasteiger partial charge in [0.2, 0.25) is 0 Å². The Bertz CT molecular complexity index is 1390. The number of rotatable bonds is 8. The van der Waals surface area contributed by atoms with Crippen LogP contribution in [-0.2, 0) is 6.54 Å². The summed E-state index contributed by atoms with van der Waals surface area (Å²) in [6.07, 6.45) is 1.71. The molecule has 9 heteroatoms. The zero-order chi connectivity index (χ0) is 26.5. The molecule has 2 heterocycles. The number of nitro groups is 1. The number of carbonyl (C=O) groups excluding carboxylic acids is 1. The Labute approximate surface area is 220 Å². The van der Waals surface area contributed by atoms with Crippen LogP contribution in [0.3, 0.4) is 0 Å². The molecule has 0 atom stereocenters. The first-order valence-electron chi connectivity index (χ1n) is 12.6. The zero-order valence-electron chi connectivity index (χ0n) is 21.1. The van der Waals surface area contributed by atoms with Crippen molar-refractivity contribution in [3.05, 3.63) is 106 Å². The van der Waals surface area contributed by atoms with E-state index in [4.69, 9.17) is 9.84 Å². The molecule has 0 radical (unpaired) electrons. The van der Waals surface area contributed by atoms with Crippen LogP contribution < -0.4 is 10.1 Å². The van der Waals surface area contributed by atoms with Gasteiger partial charge in [0, 0.05) is 43.4 Å². The van der Waals surface area contributed by atoms with E-state index < -0.39 is 4.92 Å². The number of ether oxygens (including phenoxy) is 1. The summed E-state index contributed by atoms with van der Waals surface area (Å²) >= 11 is 0. The van der Waals surface area contributed by atoms with Crippen molar-refractivity contribution in [1.29, 1.82) is 0 Å². The Morgan fingerprint density at radius 2 is 1.71 bits per heavy atom. The van der Waals surface area contributed by atoms with E-state index in [-0.39, 0.29) is 17.6 Å². The van der Waals surface area contributed by atoms with Gasteiger partial charge in [0.25, 0.3) is 11.6 Å². The standard InChI is InChI=1S/C29H29N5O4/c1-38-26-13-7-22(8-14-26)27-19-28(33(31-27)24-9-11-25(12-10-24)34(36)37)29(35)30-23-15-17-32(18-16-23)20-21-5-3-2-4-6-21/h2-14,19,23H,15-18,20H2,1H3,(H,30,35). The van der Waals surface area contributed by atoms with E-state index in [1.54, 1.807) is 30.0 Å². The largest absolute Gasteiger partial charge is 0.497 e. The highest BCUT2D eigenvalue weighted by atomic mass is 16.6. The third-order valence-electron chi connectivity index (χ3n) is 6.80. The maximum atomic E-state index is 13.5. The van der Waals surface area contributed by atoms with Crippen molar-refractivity contribution in [2.75, 3.05) is 20.2 Å². The molecule has 1 fully saturated rings. The second-order valence-electron chi connectivity index (χ2n) is 9.34. The molecule has 0 aliphatic carbocycles. The van der Waals surface area contributed by atoms with Crippen molar-refractivity contribution in [2.24, 2.45) is 0 Å². The van der Waals surface area contributed by atoms with Gasteiger partial charge in [-0.3, -0.25) is 19.8 Å². The van der Waals surface area contributed by atoms with Crippen molar-refractivity contribution in [3.63, 3.8) is 0 Å². The second-order valence-corrected chi connectivity index (χ2v) is 9.34. The molecule has 9 nitrogen and oxygen atoms in total. The Morgan fingerprint density at radius 1 is 1.03 bits per heavy atom. The predicted octanol–water partition coefficient (Wildman–Crippen LogP) is 4.85. The summed E-state index contributed by atoms with van der Waals surface area (Å²) in [6.45, 7) is 2.71. The van der Waals surface area contributed by atoms with E-state index in [0.717, 1.165) is 43.8 Å². The molecule has 3 aromatic carbocycles. The minimum atomic E-state index is -0.451. The van der Waals surface area contributed by atoms with Crippen molar-refractivity contribution < 1.29 is 14.5 Å². The molecule has 1 N–H and O–H groups in total. The van der Waals surface area contributed by atoms with Crippen LogP contribution in [0.4, 0.5) is 5.69 Å². The topological polar surface area (TPSA) is 103 Å². The number of carbonyl (C=O) groups is 1. The van der Waals surface area contributed by atoms with Gasteiger partial charge >= 0.3 is 0 Å². The lowest BCUT2D eigenvalue weighted by Gasteiger charge is -2.32. The number of nitrogens with one attached hydrogen (secondary N) is 1. The van der Waals surface area contributed by atoms with Gasteiger partial charge < -0.3 is 10.1 Å². The average Bonchev–Trinajstić information content (AvgIpc) is 3.41. The third-order valence-corrected chi connectivity index (χ3v) is 6.80. The molecule has 4 aromatic rings. The Kier molecular flexibility index (Phi) is 7.46. The first-order valence-corrected chi connectivity index (χ1v) is 12.6. The van der Waals surface area contributed by atoms with Crippen molar-refractivity contribution >= 4 is 11.6 Å². The number of aromatic nitrogens is 2. The van der Waals surface area contributed by atoms with Crippen molar-refractivity contribution in [2.45, 2.75) is 25.4 Å². The zero-order valence-corrected chi connectivity index (χ0v) is 21.1. The van der Waals surface area contributed by atoms with Crippen molar-refractivity contribution in [1.82, 2.24) is 20.0 Å². The minimum absolute atomic E-state index is 0.0236. The number of amides is 1. The van der Waals surface area contributed by atoms with Crippen LogP contribution in [0.5, 0.6) is 5.75 Å². The molecule has 0 saturated carbocycles. The van der Waals surface area contributed by atoms with Gasteiger partial charge in [-0.1, -0.05) is 30.3 Å². The van der Waals surface area contributed by atoms with Crippen LogP contribution in [0, 0.1) is 10.1 Å². The van der Waals surface area contributed by atoms with Crippen LogP contribution in [0.2, 0.25) is 0 Å². The van der Waals surface area contributed by atoms with Crippen LogP contribution in [0.25, 0.3) is 16.9 Å². The van der Waals surface area contributed by atoms with Crippen LogP contribution in [0.15, 0.2) is 84.9 Å². The second kappa shape index (κ2) is 11.3. The highest BCUT2D eigenvalue weighted by molar-refractivity contribution is 5.94. The highest BCUT2D eigenvalue weighted by Crippen LogP contribution is 2.25. The molecule has 5 rings (SSSR count). The van der Waals surface area contributed by atoms with Crippen LogP contribution in [0.1, 0.15) is 28.9 Å². The summed E-state index contributed by atoms with van der Waals surface area (Å²) < 4.78 is 6.79. The summed E-state index contributed by atoms with van der Waals surface area (Å²) in [6, 6.07) is 25.7. The number of likely N-dealkylation sites (tertiary alicyclic amines) is 1. The number of nitro benzene ring substituents is 1. The van der Waals surface area contributed by atoms with Gasteiger partial charge in [0.15, 0.2) is 0 Å². The molecule has 1 saturated heterocycles. The lowest BCUT2D eigenvalue weighted by Crippen LogP contribution is -2.44. The molecule has 0 spiro atoms. The van der Waals surface area contributed by atoms with Gasteiger partial charge in [0.1, 0.15) is 11.4 Å². The van der Waals surface area contributed by atoms with Gasteiger partial charge in [0.05, 0.1) is 23.4 Å². The Hall–Kier alpha value is -4.50. The van der Waals surface area contributed by atoms with Crippen LogP contribution in [-0.4, -0.2) is 51.8 Å². The van der Waals surface area contributed by atoms with Crippen molar-refractivity contribution in [3.8, 4) is 22.7 Å². The maximum Gasteiger partial charge on any atom is 0.270 e. The molecule has 194 valence electrons. The Morgan fingerprint density at radius 3 is 2.34 bits per heavy atom. The number of methoxy groups -OCH3 is 1. The van der Waals surface area contributed by atoms with Gasteiger partial charge in [-0.2, -0.15) is 5.10 Å². The number of benzene rings is 3. The number of nitrogens with zero attached hydrogens (tertiary/aromatic N) is 4. The fourth-order valence-electron chi connectivity index (χ4n) is 4.69. The molecular weight excluding hydrogens is 482 g/mol. The van der Waals surface area contributed by atoms with E-state index in [0.29, 0.717) is 17.1 Å². The quantitative estimate of drug-likeness (QED) is 0.268. The van der Waals surface area contributed by atoms with Crippen LogP contribution >= 0.6 is 0 Å². The number of piperidine rings is 1. The molecule has 0 unspecified atom stereocenters. The van der Waals surface area contributed by atoms with Gasteiger partial charge in [-0.15, -0.1) is 0 Å². The van der Waals surface area contributed by atoms with E-state index in [9.17, 15) is 14.9 Å². The van der Waals surface area contributed by atoms with E-state index in [2.05, 4.69) is 34.5 Å². The molecule has 0 bridgehead atoms. The summed E-state index contributed by atoms with van der Waals surface area (Å²) in [7, 11) is 1.60. The van der Waals surface area contributed by atoms with E-state index in [1.165, 1.54) is 17.7 Å². The number of hydrogen-bond acceptors (Lipinski definition) is 6. The lowest BCUT2D eigenvalue weighted by molar-refractivity contribution is -0.384. The van der Waals surface area contributed by atoms with Gasteiger partial charge in [-0.25, -0.2) is 4.68 Å². The Balaban J connectivity index is 1.34. The highest BCUT2D eigenvalue weighted by Gasteiger charge is 2.24. The molecule has 1 aliphatic rings. The molecule has 38 heavy (non-hydrogen) atoms. The molecular formula is C29H29N5O4. The molecule has 1 aromatic heterocycles. The number of hydrogen-bond donors (Lipinski definition) is 1. The first-order chi connectivity index (χ1) is 18.5. The SMILES string of the molecule is COc1ccc(-c2cc(C(=O)NC3CCN(Cc4ccccc4)CC3)n(-c3ccc([N+](=O)[O-])cc3)n2)cc1. The summed E-state index contributed by atoms with van der Waals surface area (Å²) in [5.41, 5.74) is 3.65. The smallest absolute Gasteiger partial charge is 0.270 e. The molecule has 1 amide bonds. The lowest BCUT2D eigenvalue weighted by atomic mass is 10.0. The minimum Gasteiger partial charge on any atom is -0.497 e. The monoisotopic (exact) mass is 511 g/mol. The average molecular weight is 512 g/mol. The normalized spacial score (nSPS) is 14.2. The van der Waals surface area contributed by atoms with E-state index in [1.807, 2.05) is 30.3 Å². The van der Waals surface area contributed by atoms with E-state index >= 15 is 0 Å². The fraction of sp³-hybridized carbons (Fsp3) is 0.241. The molecule has 1 aliphatic heterocycles. The summed E-state index contributed by atoms with van der Waals surface area (Å²) in [5.74, 6) is 0.497. The maximum absolute atomic E-state index is 13.5. The summed E-state index contributed by atoms with van der Waals surface area (Å²) in [5, 5.41) is 19.0. The summed E-state index contributed by atoms with van der Waals surface area (Å²) in [4.78, 5) is 26.6. The number of non-ortho nitro benzene ring substituents is 1. The predicted molar refractivity (Wildman–Crippen MR) is 144 cm³/mol.